The van der Waals surface area contributed by atoms with Gasteiger partial charge in [-0.2, -0.15) is 5.10 Å². The lowest BCUT2D eigenvalue weighted by Crippen LogP contribution is -2.43. The van der Waals surface area contributed by atoms with E-state index >= 15 is 0 Å². The van der Waals surface area contributed by atoms with Crippen molar-refractivity contribution in [2.45, 2.75) is 25.3 Å². The van der Waals surface area contributed by atoms with E-state index in [0.29, 0.717) is 13.1 Å². The smallest absolute Gasteiger partial charge is 0.223 e. The van der Waals surface area contributed by atoms with Crippen molar-refractivity contribution in [3.05, 3.63) is 18.3 Å². The Balaban J connectivity index is 1.77. The van der Waals surface area contributed by atoms with Crippen LogP contribution in [0.2, 0.25) is 0 Å². The molecule has 0 radical (unpaired) electrons. The van der Waals surface area contributed by atoms with Crippen molar-refractivity contribution < 1.29 is 13.2 Å². The zero-order chi connectivity index (χ0) is 16.9. The van der Waals surface area contributed by atoms with Gasteiger partial charge < -0.3 is 10.2 Å². The van der Waals surface area contributed by atoms with Gasteiger partial charge in [-0.1, -0.05) is 0 Å². The molecule has 9 heteroatoms. The lowest BCUT2D eigenvalue weighted by Gasteiger charge is -2.32. The van der Waals surface area contributed by atoms with Gasteiger partial charge in [-0.15, -0.1) is 5.10 Å². The number of carbonyl (C=O) groups is 1. The number of rotatable bonds is 6. The topological polar surface area (TPSA) is 95.5 Å². The van der Waals surface area contributed by atoms with Gasteiger partial charge in [-0.25, -0.2) is 12.7 Å². The van der Waals surface area contributed by atoms with Crippen LogP contribution < -0.4 is 5.32 Å². The van der Waals surface area contributed by atoms with Crippen LogP contribution in [0.3, 0.4) is 0 Å². The molecular weight excluding hydrogens is 318 g/mol. The van der Waals surface area contributed by atoms with E-state index in [9.17, 15) is 13.2 Å². The number of likely N-dealkylation sites (tertiary alicyclic amines) is 1. The van der Waals surface area contributed by atoms with Crippen LogP contribution in [0.25, 0.3) is 0 Å². The van der Waals surface area contributed by atoms with Gasteiger partial charge in [0, 0.05) is 45.8 Å². The van der Waals surface area contributed by atoms with Crippen LogP contribution in [0.5, 0.6) is 0 Å². The Bertz CT molecular complexity index is 613. The van der Waals surface area contributed by atoms with E-state index in [4.69, 9.17) is 0 Å². The van der Waals surface area contributed by atoms with Crippen molar-refractivity contribution in [2.24, 2.45) is 0 Å². The molecule has 0 saturated carbocycles. The Morgan fingerprint density at radius 2 is 2.09 bits per heavy atom. The predicted octanol–water partition coefficient (Wildman–Crippen LogP) is 0.161. The molecule has 8 nitrogen and oxygen atoms in total. The minimum absolute atomic E-state index is 0.0305. The summed E-state index contributed by atoms with van der Waals surface area (Å²) in [5.74, 6) is 0.485. The van der Waals surface area contributed by atoms with Gasteiger partial charge in [0.25, 0.3) is 0 Å². The van der Waals surface area contributed by atoms with Crippen LogP contribution in [-0.4, -0.2) is 72.7 Å². The third-order valence-electron chi connectivity index (χ3n) is 3.90. The number of amides is 1. The largest absolute Gasteiger partial charge is 0.366 e. The molecule has 1 saturated heterocycles. The summed E-state index contributed by atoms with van der Waals surface area (Å²) >= 11 is 0. The molecule has 0 bridgehead atoms. The van der Waals surface area contributed by atoms with Crippen molar-refractivity contribution in [3.63, 3.8) is 0 Å². The molecule has 2 rings (SSSR count). The number of aromatic nitrogens is 2. The van der Waals surface area contributed by atoms with Gasteiger partial charge in [0.15, 0.2) is 0 Å². The van der Waals surface area contributed by atoms with E-state index in [2.05, 4.69) is 15.5 Å². The predicted molar refractivity (Wildman–Crippen MR) is 87.3 cm³/mol. The molecule has 128 valence electrons. The van der Waals surface area contributed by atoms with Gasteiger partial charge in [0.05, 0.1) is 5.75 Å². The Kier molecular flexibility index (Phi) is 5.89. The van der Waals surface area contributed by atoms with Crippen LogP contribution in [-0.2, 0) is 14.8 Å². The zero-order valence-electron chi connectivity index (χ0n) is 13.5. The van der Waals surface area contributed by atoms with Crippen LogP contribution in [0.4, 0.5) is 5.82 Å². The van der Waals surface area contributed by atoms with Crippen molar-refractivity contribution in [1.29, 1.82) is 0 Å². The van der Waals surface area contributed by atoms with Gasteiger partial charge in [0.1, 0.15) is 5.82 Å². The Hall–Kier alpha value is -1.74. The van der Waals surface area contributed by atoms with Gasteiger partial charge >= 0.3 is 0 Å². The molecule has 1 aliphatic heterocycles. The molecular formula is C14H23N5O3S. The van der Waals surface area contributed by atoms with Crippen molar-refractivity contribution >= 4 is 21.7 Å². The fourth-order valence-corrected chi connectivity index (χ4v) is 3.22. The summed E-state index contributed by atoms with van der Waals surface area (Å²) in [4.78, 5) is 13.9. The lowest BCUT2D eigenvalue weighted by atomic mass is 10.0. The number of carbonyl (C=O) groups excluding carboxylic acids is 1. The van der Waals surface area contributed by atoms with E-state index in [1.54, 1.807) is 11.1 Å². The van der Waals surface area contributed by atoms with Crippen LogP contribution in [0, 0.1) is 0 Å². The van der Waals surface area contributed by atoms with E-state index < -0.39 is 10.0 Å². The number of nitrogens with zero attached hydrogens (tertiary/aromatic N) is 4. The number of anilines is 1. The van der Waals surface area contributed by atoms with E-state index in [1.807, 2.05) is 12.1 Å². The maximum atomic E-state index is 12.1. The Labute approximate surface area is 136 Å². The van der Waals surface area contributed by atoms with Gasteiger partial charge in [0.2, 0.25) is 15.9 Å². The second-order valence-electron chi connectivity index (χ2n) is 5.76. The number of nitrogens with one attached hydrogen (secondary N) is 1. The van der Waals surface area contributed by atoms with Crippen molar-refractivity contribution in [1.82, 2.24) is 19.4 Å². The molecule has 1 aromatic heterocycles. The SMILES string of the molecule is CN(C)S(=O)(=O)CCC(=O)N1CCC(Nc2cccnn2)CC1. The summed E-state index contributed by atoms with van der Waals surface area (Å²) in [5.41, 5.74) is 0. The normalized spacial score (nSPS) is 16.6. The fourth-order valence-electron chi connectivity index (χ4n) is 2.42. The minimum atomic E-state index is -3.33. The molecule has 1 amide bonds. The summed E-state index contributed by atoms with van der Waals surface area (Å²) < 4.78 is 24.6. The summed E-state index contributed by atoms with van der Waals surface area (Å²) in [6, 6.07) is 3.93. The van der Waals surface area contributed by atoms with Gasteiger partial charge in [-0.05, 0) is 25.0 Å². The number of hydrogen-bond donors (Lipinski definition) is 1. The monoisotopic (exact) mass is 341 g/mol. The standard InChI is InChI=1S/C14H23N5O3S/c1-18(2)23(21,22)11-7-14(20)19-9-5-12(6-10-19)16-13-4-3-8-15-17-13/h3-4,8,12H,5-7,9-11H2,1-2H3,(H,16,17). The van der Waals surface area contributed by atoms with Crippen LogP contribution >= 0.6 is 0 Å². The molecule has 2 heterocycles. The number of sulfonamides is 1. The zero-order valence-corrected chi connectivity index (χ0v) is 14.3. The molecule has 23 heavy (non-hydrogen) atoms. The summed E-state index contributed by atoms with van der Waals surface area (Å²) in [5, 5.41) is 11.1. The summed E-state index contributed by atoms with van der Waals surface area (Å²) in [6.45, 7) is 1.25. The molecule has 0 unspecified atom stereocenters. The third-order valence-corrected chi connectivity index (χ3v) is 5.73. The average molecular weight is 341 g/mol. The highest BCUT2D eigenvalue weighted by Crippen LogP contribution is 2.15. The fraction of sp³-hybridized carbons (Fsp3) is 0.643. The maximum Gasteiger partial charge on any atom is 0.223 e. The molecule has 0 atom stereocenters. The maximum absolute atomic E-state index is 12.1. The average Bonchev–Trinajstić information content (AvgIpc) is 2.54. The molecule has 1 aromatic rings. The number of piperidine rings is 1. The van der Waals surface area contributed by atoms with Crippen molar-refractivity contribution in [3.8, 4) is 0 Å². The highest BCUT2D eigenvalue weighted by molar-refractivity contribution is 7.89. The molecule has 0 aliphatic carbocycles. The summed E-state index contributed by atoms with van der Waals surface area (Å²) in [6.07, 6.45) is 3.27. The molecule has 1 fully saturated rings. The van der Waals surface area contributed by atoms with Crippen LogP contribution in [0.15, 0.2) is 18.3 Å². The first-order valence-electron chi connectivity index (χ1n) is 7.61. The highest BCUT2D eigenvalue weighted by Gasteiger charge is 2.24. The first-order chi connectivity index (χ1) is 10.9. The van der Waals surface area contributed by atoms with Crippen LogP contribution in [0.1, 0.15) is 19.3 Å². The first kappa shape index (κ1) is 17.6. The van der Waals surface area contributed by atoms with Crippen molar-refractivity contribution in [2.75, 3.05) is 38.3 Å². The Morgan fingerprint density at radius 3 is 2.65 bits per heavy atom. The lowest BCUT2D eigenvalue weighted by molar-refractivity contribution is -0.131. The number of hydrogen-bond acceptors (Lipinski definition) is 6. The minimum Gasteiger partial charge on any atom is -0.366 e. The molecule has 1 aliphatic rings. The van der Waals surface area contributed by atoms with Gasteiger partial charge in [-0.3, -0.25) is 4.79 Å². The molecule has 0 aromatic carbocycles. The van der Waals surface area contributed by atoms with E-state index in [-0.39, 0.29) is 24.1 Å². The third kappa shape index (κ3) is 5.14. The second kappa shape index (κ2) is 7.69. The molecule has 0 spiro atoms. The molecule has 1 N–H and O–H groups in total. The Morgan fingerprint density at radius 1 is 1.39 bits per heavy atom. The second-order valence-corrected chi connectivity index (χ2v) is 8.06. The highest BCUT2D eigenvalue weighted by atomic mass is 32.2. The summed E-state index contributed by atoms with van der Waals surface area (Å²) in [7, 11) is -0.374. The van der Waals surface area contributed by atoms with E-state index in [0.717, 1.165) is 23.0 Å². The van der Waals surface area contributed by atoms with E-state index in [1.165, 1.54) is 14.1 Å². The first-order valence-corrected chi connectivity index (χ1v) is 9.21. The quantitative estimate of drug-likeness (QED) is 0.792.